The fourth-order valence-electron chi connectivity index (χ4n) is 3.35. The standard InChI is InChI=1S/C21H20N8O2.C2HF3O2/c22-19(30)14-1-2-15-12-23-20(26-18(15)11-14)25-16-3-5-17(6-4-16)29-13-24-21(27-29)28-7-9-31-10-8-28;3-2(4,5)1(6)7/h1-6,11-13H,7-10H2,(H2,22,30)(H,23,25,26);(H,6,7). The number of hydrogen-bond acceptors (Lipinski definition) is 9. The number of carbonyl (C=O) groups is 2. The van der Waals surface area contributed by atoms with Gasteiger partial charge in [0.2, 0.25) is 17.8 Å². The average molecular weight is 530 g/mol. The summed E-state index contributed by atoms with van der Waals surface area (Å²) in [6, 6.07) is 12.8. The number of fused-ring (bicyclic) bond motifs is 1. The van der Waals surface area contributed by atoms with Crippen molar-refractivity contribution in [3.8, 4) is 5.69 Å². The molecule has 5 rings (SSSR count). The summed E-state index contributed by atoms with van der Waals surface area (Å²) in [5, 5.41) is 15.7. The van der Waals surface area contributed by atoms with Crippen LogP contribution in [0.2, 0.25) is 0 Å². The molecular formula is C23H21F3N8O4. The summed E-state index contributed by atoms with van der Waals surface area (Å²) in [6.45, 7) is 2.96. The second kappa shape index (κ2) is 11.1. The lowest BCUT2D eigenvalue weighted by Crippen LogP contribution is -2.37. The molecule has 12 nitrogen and oxygen atoms in total. The predicted octanol–water partition coefficient (Wildman–Crippen LogP) is 2.52. The zero-order chi connectivity index (χ0) is 27.3. The van der Waals surface area contributed by atoms with Crippen molar-refractivity contribution in [3.05, 3.63) is 60.6 Å². The number of aliphatic carboxylic acids is 1. The van der Waals surface area contributed by atoms with Crippen LogP contribution in [0.15, 0.2) is 55.0 Å². The van der Waals surface area contributed by atoms with Gasteiger partial charge in [0, 0.05) is 35.9 Å². The number of amides is 1. The molecule has 0 bridgehead atoms. The minimum atomic E-state index is -5.08. The van der Waals surface area contributed by atoms with Gasteiger partial charge >= 0.3 is 12.1 Å². The van der Waals surface area contributed by atoms with E-state index in [-0.39, 0.29) is 0 Å². The number of nitrogens with two attached hydrogens (primary N) is 1. The summed E-state index contributed by atoms with van der Waals surface area (Å²) in [5.74, 6) is -2.12. The minimum absolute atomic E-state index is 0.408. The van der Waals surface area contributed by atoms with Gasteiger partial charge in [0.05, 0.1) is 24.4 Å². The maximum absolute atomic E-state index is 11.4. The average Bonchev–Trinajstić information content (AvgIpc) is 3.39. The van der Waals surface area contributed by atoms with Gasteiger partial charge in [-0.15, -0.1) is 5.10 Å². The lowest BCUT2D eigenvalue weighted by atomic mass is 10.1. The highest BCUT2D eigenvalue weighted by Gasteiger charge is 2.38. The van der Waals surface area contributed by atoms with Crippen molar-refractivity contribution in [3.63, 3.8) is 0 Å². The summed E-state index contributed by atoms with van der Waals surface area (Å²) >= 11 is 0. The van der Waals surface area contributed by atoms with E-state index in [0.29, 0.717) is 36.2 Å². The molecule has 0 aliphatic carbocycles. The van der Waals surface area contributed by atoms with Gasteiger partial charge in [-0.1, -0.05) is 6.07 Å². The minimum Gasteiger partial charge on any atom is -0.475 e. The Morgan fingerprint density at radius 3 is 2.37 bits per heavy atom. The number of carbonyl (C=O) groups excluding carboxylic acids is 1. The van der Waals surface area contributed by atoms with E-state index < -0.39 is 18.1 Å². The molecule has 0 unspecified atom stereocenters. The first-order valence-corrected chi connectivity index (χ1v) is 11.1. The van der Waals surface area contributed by atoms with Crippen LogP contribution in [0.4, 0.5) is 30.8 Å². The molecule has 1 fully saturated rings. The van der Waals surface area contributed by atoms with E-state index in [1.54, 1.807) is 35.4 Å². The molecule has 1 aliphatic heterocycles. The van der Waals surface area contributed by atoms with E-state index >= 15 is 0 Å². The van der Waals surface area contributed by atoms with Crippen LogP contribution in [0.3, 0.4) is 0 Å². The van der Waals surface area contributed by atoms with E-state index in [2.05, 4.69) is 30.3 Å². The molecule has 0 spiro atoms. The van der Waals surface area contributed by atoms with E-state index in [4.69, 9.17) is 20.4 Å². The Hall–Kier alpha value is -4.79. The maximum atomic E-state index is 11.4. The quantitative estimate of drug-likeness (QED) is 0.350. The van der Waals surface area contributed by atoms with Crippen molar-refractivity contribution in [2.75, 3.05) is 36.5 Å². The number of benzene rings is 2. The summed E-state index contributed by atoms with van der Waals surface area (Å²) in [4.78, 5) is 35.6. The summed E-state index contributed by atoms with van der Waals surface area (Å²) < 4.78 is 38.9. The molecule has 2 aromatic carbocycles. The SMILES string of the molecule is NC(=O)c1ccc2cnc(Nc3ccc(-n4cnc(N5CCOCC5)n4)cc3)nc2c1.O=C(O)C(F)(F)F. The van der Waals surface area contributed by atoms with Crippen molar-refractivity contribution in [2.24, 2.45) is 5.73 Å². The van der Waals surface area contributed by atoms with Gasteiger partial charge in [-0.3, -0.25) is 4.79 Å². The Morgan fingerprint density at radius 2 is 1.74 bits per heavy atom. The normalized spacial score (nSPS) is 13.5. The van der Waals surface area contributed by atoms with Crippen molar-refractivity contribution in [2.45, 2.75) is 6.18 Å². The highest BCUT2D eigenvalue weighted by atomic mass is 19.4. The third kappa shape index (κ3) is 6.50. The molecule has 1 saturated heterocycles. The van der Waals surface area contributed by atoms with Crippen molar-refractivity contribution < 1.29 is 32.6 Å². The number of nitrogens with one attached hydrogen (secondary N) is 1. The van der Waals surface area contributed by atoms with Crippen LogP contribution < -0.4 is 16.0 Å². The van der Waals surface area contributed by atoms with Gasteiger partial charge in [0.15, 0.2) is 0 Å². The van der Waals surface area contributed by atoms with Crippen molar-refractivity contribution in [1.29, 1.82) is 0 Å². The van der Waals surface area contributed by atoms with Crippen LogP contribution in [0, 0.1) is 0 Å². The van der Waals surface area contributed by atoms with Crippen LogP contribution in [0.5, 0.6) is 0 Å². The van der Waals surface area contributed by atoms with Gasteiger partial charge < -0.3 is 25.8 Å². The van der Waals surface area contributed by atoms with Gasteiger partial charge in [0.1, 0.15) is 6.33 Å². The molecule has 0 saturated carbocycles. The third-order valence-electron chi connectivity index (χ3n) is 5.27. The molecule has 0 radical (unpaired) electrons. The first kappa shape index (κ1) is 26.3. The predicted molar refractivity (Wildman–Crippen MR) is 129 cm³/mol. The fraction of sp³-hybridized carbons (Fsp3) is 0.217. The number of carboxylic acid groups (broad SMARTS) is 1. The van der Waals surface area contributed by atoms with Gasteiger partial charge in [-0.25, -0.2) is 19.4 Å². The Morgan fingerprint density at radius 1 is 1.05 bits per heavy atom. The second-order valence-electron chi connectivity index (χ2n) is 7.89. The summed E-state index contributed by atoms with van der Waals surface area (Å²) in [6.07, 6.45) is -1.68. The number of halogens is 3. The highest BCUT2D eigenvalue weighted by molar-refractivity contribution is 5.96. The van der Waals surface area contributed by atoms with E-state index in [1.165, 1.54) is 0 Å². The molecule has 15 heteroatoms. The van der Waals surface area contributed by atoms with Crippen LogP contribution in [0.25, 0.3) is 16.6 Å². The highest BCUT2D eigenvalue weighted by Crippen LogP contribution is 2.20. The number of rotatable bonds is 5. The summed E-state index contributed by atoms with van der Waals surface area (Å²) in [5.41, 5.74) is 8.12. The largest absolute Gasteiger partial charge is 0.490 e. The molecule has 1 amide bonds. The van der Waals surface area contributed by atoms with Gasteiger partial charge in [-0.05, 0) is 36.4 Å². The lowest BCUT2D eigenvalue weighted by molar-refractivity contribution is -0.192. The molecule has 198 valence electrons. The van der Waals surface area contributed by atoms with E-state index in [1.807, 2.05) is 24.3 Å². The molecule has 0 atom stereocenters. The zero-order valence-electron chi connectivity index (χ0n) is 19.6. The van der Waals surface area contributed by atoms with Crippen LogP contribution >= 0.6 is 0 Å². The molecule has 4 aromatic rings. The molecule has 2 aromatic heterocycles. The Bertz CT molecular complexity index is 1440. The monoisotopic (exact) mass is 530 g/mol. The Labute approximate surface area is 212 Å². The smallest absolute Gasteiger partial charge is 0.475 e. The fourth-order valence-corrected chi connectivity index (χ4v) is 3.35. The van der Waals surface area contributed by atoms with E-state index in [0.717, 1.165) is 29.9 Å². The molecule has 4 N–H and O–H groups in total. The molecule has 38 heavy (non-hydrogen) atoms. The molecule has 3 heterocycles. The number of primary amides is 1. The topological polar surface area (TPSA) is 161 Å². The van der Waals surface area contributed by atoms with Crippen LogP contribution in [0.1, 0.15) is 10.4 Å². The number of aromatic nitrogens is 5. The summed E-state index contributed by atoms with van der Waals surface area (Å²) in [7, 11) is 0. The first-order chi connectivity index (χ1) is 18.1. The number of carboxylic acids is 1. The number of nitrogens with zero attached hydrogens (tertiary/aromatic N) is 6. The molecule has 1 aliphatic rings. The second-order valence-corrected chi connectivity index (χ2v) is 7.89. The number of alkyl halides is 3. The van der Waals surface area contributed by atoms with Crippen molar-refractivity contribution in [1.82, 2.24) is 24.7 Å². The van der Waals surface area contributed by atoms with Crippen LogP contribution in [-0.2, 0) is 9.53 Å². The lowest BCUT2D eigenvalue weighted by Gasteiger charge is -2.25. The maximum Gasteiger partial charge on any atom is 0.490 e. The Kier molecular flexibility index (Phi) is 7.66. The first-order valence-electron chi connectivity index (χ1n) is 11.1. The Balaban J connectivity index is 0.000000426. The van der Waals surface area contributed by atoms with Crippen molar-refractivity contribution >= 4 is 40.4 Å². The van der Waals surface area contributed by atoms with Gasteiger partial charge in [0.25, 0.3) is 0 Å². The number of hydrogen-bond donors (Lipinski definition) is 3. The zero-order valence-corrected chi connectivity index (χ0v) is 19.6. The number of morpholine rings is 1. The molecular weight excluding hydrogens is 509 g/mol. The third-order valence-corrected chi connectivity index (χ3v) is 5.27. The number of anilines is 3. The van der Waals surface area contributed by atoms with Crippen LogP contribution in [-0.4, -0.2) is 74.2 Å². The van der Waals surface area contributed by atoms with E-state index in [9.17, 15) is 18.0 Å². The van der Waals surface area contributed by atoms with Gasteiger partial charge in [-0.2, -0.15) is 18.2 Å². The number of ether oxygens (including phenoxy) is 1.